The zero-order chi connectivity index (χ0) is 22.8. The quantitative estimate of drug-likeness (QED) is 0.345. The molecule has 1 aromatic heterocycles. The third-order valence-corrected chi connectivity index (χ3v) is 5.84. The molecule has 1 aliphatic rings. The maximum absolute atomic E-state index is 13.1. The number of rotatable bonds is 6. The molecule has 4 rings (SSSR count). The Morgan fingerprint density at radius 3 is 2.47 bits per heavy atom. The van der Waals surface area contributed by atoms with Gasteiger partial charge >= 0.3 is 0 Å². The number of aryl methyl sites for hydroxylation is 2. The first-order valence-corrected chi connectivity index (χ1v) is 10.5. The Morgan fingerprint density at radius 2 is 1.88 bits per heavy atom. The zero-order valence-corrected chi connectivity index (χ0v) is 18.3. The Hall–Kier alpha value is -3.80. The van der Waals surface area contributed by atoms with Crippen molar-refractivity contribution in [1.29, 1.82) is 0 Å². The van der Waals surface area contributed by atoms with E-state index in [0.29, 0.717) is 17.1 Å². The van der Waals surface area contributed by atoms with E-state index in [4.69, 9.17) is 9.15 Å². The van der Waals surface area contributed by atoms with Gasteiger partial charge in [0, 0.05) is 5.56 Å². The molecule has 1 unspecified atom stereocenters. The maximum atomic E-state index is 13.1. The summed E-state index contributed by atoms with van der Waals surface area (Å²) < 4.78 is 10.7. The average molecular weight is 431 g/mol. The average Bonchev–Trinajstić information content (AvgIpc) is 3.41. The molecule has 3 aromatic rings. The highest BCUT2D eigenvalue weighted by molar-refractivity contribution is 6.46. The summed E-state index contributed by atoms with van der Waals surface area (Å²) in [5.74, 6) is -0.380. The first-order valence-electron chi connectivity index (χ1n) is 10.5. The molecule has 1 amide bonds. The number of furan rings is 1. The lowest BCUT2D eigenvalue weighted by Gasteiger charge is -2.25. The van der Waals surface area contributed by atoms with Gasteiger partial charge in [-0.2, -0.15) is 0 Å². The van der Waals surface area contributed by atoms with Crippen LogP contribution in [0, 0.1) is 6.92 Å². The number of aliphatic hydroxyl groups is 1. The van der Waals surface area contributed by atoms with Crippen molar-refractivity contribution in [3.05, 3.63) is 94.4 Å². The normalized spacial score (nSPS) is 17.7. The van der Waals surface area contributed by atoms with Crippen molar-refractivity contribution in [2.45, 2.75) is 32.9 Å². The lowest BCUT2D eigenvalue weighted by Crippen LogP contribution is -2.29. The van der Waals surface area contributed by atoms with Gasteiger partial charge in [-0.25, -0.2) is 0 Å². The fourth-order valence-corrected chi connectivity index (χ4v) is 4.07. The number of ketones is 1. The molecule has 6 heteroatoms. The molecule has 6 nitrogen and oxygen atoms in total. The lowest BCUT2D eigenvalue weighted by atomic mass is 9.93. The molecule has 0 radical (unpaired) electrons. The number of ether oxygens (including phenoxy) is 1. The molecule has 164 valence electrons. The summed E-state index contributed by atoms with van der Waals surface area (Å²) in [5, 5.41) is 11.2. The third kappa shape index (κ3) is 3.80. The van der Waals surface area contributed by atoms with Crippen molar-refractivity contribution in [1.82, 2.24) is 4.90 Å². The van der Waals surface area contributed by atoms with Gasteiger partial charge in [0.15, 0.2) is 0 Å². The number of amides is 1. The highest BCUT2D eigenvalue weighted by Gasteiger charge is 2.46. The molecule has 0 aliphatic carbocycles. The molecule has 1 aliphatic heterocycles. The molecule has 0 bridgehead atoms. The molecule has 2 heterocycles. The van der Waals surface area contributed by atoms with Crippen LogP contribution >= 0.6 is 0 Å². The Kier molecular flexibility index (Phi) is 5.86. The molecule has 0 saturated carbocycles. The molecule has 0 spiro atoms. The van der Waals surface area contributed by atoms with E-state index in [9.17, 15) is 14.7 Å². The summed E-state index contributed by atoms with van der Waals surface area (Å²) in [6.45, 7) is 4.00. The highest BCUT2D eigenvalue weighted by Crippen LogP contribution is 2.41. The number of carbonyl (C=O) groups excluding carboxylic acids is 2. The fourth-order valence-electron chi connectivity index (χ4n) is 4.07. The van der Waals surface area contributed by atoms with Gasteiger partial charge < -0.3 is 19.2 Å². The lowest BCUT2D eigenvalue weighted by molar-refractivity contribution is -0.140. The van der Waals surface area contributed by atoms with E-state index in [1.165, 1.54) is 11.2 Å². The number of nitrogens with zero attached hydrogens (tertiary/aromatic N) is 1. The smallest absolute Gasteiger partial charge is 0.296 e. The van der Waals surface area contributed by atoms with E-state index in [0.717, 1.165) is 23.1 Å². The summed E-state index contributed by atoms with van der Waals surface area (Å²) in [5.41, 5.74) is 3.18. The standard InChI is InChI=1S/C26H25NO5/c1-4-17-7-9-18(10-8-17)23-22(24(28)21-12-11-19(31-3)14-16(21)2)25(29)26(30)27(23)15-20-6-5-13-32-20/h5-14,23,28H,4,15H2,1-3H3/b24-22-. The van der Waals surface area contributed by atoms with Crippen molar-refractivity contribution in [2.75, 3.05) is 7.11 Å². The molecule has 1 fully saturated rings. The second kappa shape index (κ2) is 8.75. The van der Waals surface area contributed by atoms with Crippen LogP contribution in [-0.2, 0) is 22.6 Å². The third-order valence-electron chi connectivity index (χ3n) is 5.84. The fraction of sp³-hybridized carbons (Fsp3) is 0.231. The summed E-state index contributed by atoms with van der Waals surface area (Å²) in [7, 11) is 1.56. The molecular weight excluding hydrogens is 406 g/mol. The summed E-state index contributed by atoms with van der Waals surface area (Å²) >= 11 is 0. The monoisotopic (exact) mass is 431 g/mol. The molecule has 1 N–H and O–H groups in total. The number of likely N-dealkylation sites (tertiary alicyclic amines) is 1. The molecule has 2 aromatic carbocycles. The van der Waals surface area contributed by atoms with Gasteiger partial charge in [-0.1, -0.05) is 31.2 Å². The van der Waals surface area contributed by atoms with Crippen LogP contribution in [0.15, 0.2) is 70.9 Å². The van der Waals surface area contributed by atoms with Crippen molar-refractivity contribution < 1.29 is 23.8 Å². The van der Waals surface area contributed by atoms with E-state index in [1.807, 2.05) is 31.2 Å². The molecule has 1 atom stereocenters. The van der Waals surface area contributed by atoms with Crippen LogP contribution in [0.25, 0.3) is 5.76 Å². The van der Waals surface area contributed by atoms with Crippen LogP contribution in [0.1, 0.15) is 41.0 Å². The number of hydrogen-bond acceptors (Lipinski definition) is 5. The zero-order valence-electron chi connectivity index (χ0n) is 18.3. The topological polar surface area (TPSA) is 80.0 Å². The van der Waals surface area contributed by atoms with E-state index >= 15 is 0 Å². The molecular formula is C26H25NO5. The first kappa shape index (κ1) is 21.4. The van der Waals surface area contributed by atoms with Gasteiger partial charge in [0.25, 0.3) is 11.7 Å². The van der Waals surface area contributed by atoms with E-state index in [1.54, 1.807) is 37.4 Å². The van der Waals surface area contributed by atoms with Gasteiger partial charge in [-0.05, 0) is 60.4 Å². The predicted octanol–water partition coefficient (Wildman–Crippen LogP) is 4.78. The van der Waals surface area contributed by atoms with Crippen LogP contribution in [0.4, 0.5) is 0 Å². The highest BCUT2D eigenvalue weighted by atomic mass is 16.5. The van der Waals surface area contributed by atoms with Crippen LogP contribution in [-0.4, -0.2) is 28.8 Å². The minimum atomic E-state index is -0.729. The number of methoxy groups -OCH3 is 1. The number of hydrogen-bond donors (Lipinski definition) is 1. The van der Waals surface area contributed by atoms with Crippen molar-refractivity contribution >= 4 is 17.4 Å². The van der Waals surface area contributed by atoms with E-state index < -0.39 is 17.7 Å². The van der Waals surface area contributed by atoms with Gasteiger partial charge in [0.1, 0.15) is 17.3 Å². The van der Waals surface area contributed by atoms with Gasteiger partial charge in [0.2, 0.25) is 0 Å². The summed E-state index contributed by atoms with van der Waals surface area (Å²) in [6, 6.07) is 15.7. The van der Waals surface area contributed by atoms with Crippen molar-refractivity contribution in [3.8, 4) is 5.75 Å². The van der Waals surface area contributed by atoms with Gasteiger partial charge in [-0.15, -0.1) is 0 Å². The largest absolute Gasteiger partial charge is 0.507 e. The minimum Gasteiger partial charge on any atom is -0.507 e. The van der Waals surface area contributed by atoms with Gasteiger partial charge in [0.05, 0.1) is 31.5 Å². The Morgan fingerprint density at radius 1 is 1.12 bits per heavy atom. The Labute approximate surface area is 186 Å². The Balaban J connectivity index is 1.87. The van der Waals surface area contributed by atoms with Crippen molar-refractivity contribution in [2.24, 2.45) is 0 Å². The van der Waals surface area contributed by atoms with E-state index in [2.05, 4.69) is 6.92 Å². The number of carbonyl (C=O) groups is 2. The van der Waals surface area contributed by atoms with Gasteiger partial charge in [-0.3, -0.25) is 9.59 Å². The summed E-state index contributed by atoms with van der Waals surface area (Å²) in [6.07, 6.45) is 2.40. The second-order valence-corrected chi connectivity index (χ2v) is 7.78. The second-order valence-electron chi connectivity index (χ2n) is 7.78. The Bertz CT molecular complexity index is 1180. The van der Waals surface area contributed by atoms with Crippen LogP contribution in [0.3, 0.4) is 0 Å². The molecule has 32 heavy (non-hydrogen) atoms. The first-order chi connectivity index (χ1) is 15.4. The van der Waals surface area contributed by atoms with Crippen LogP contribution < -0.4 is 4.74 Å². The maximum Gasteiger partial charge on any atom is 0.296 e. The predicted molar refractivity (Wildman–Crippen MR) is 120 cm³/mol. The summed E-state index contributed by atoms with van der Waals surface area (Å²) in [4.78, 5) is 27.6. The van der Waals surface area contributed by atoms with Crippen molar-refractivity contribution in [3.63, 3.8) is 0 Å². The molecule has 1 saturated heterocycles. The van der Waals surface area contributed by atoms with Crippen LogP contribution in [0.2, 0.25) is 0 Å². The number of benzene rings is 2. The van der Waals surface area contributed by atoms with E-state index in [-0.39, 0.29) is 17.9 Å². The number of Topliss-reactive ketones (excluding diaryl/α,β-unsaturated/α-hetero) is 1. The number of aliphatic hydroxyl groups excluding tert-OH is 1. The SMILES string of the molecule is CCc1ccc(C2/C(=C(/O)c3ccc(OC)cc3C)C(=O)C(=O)N2Cc2ccco2)cc1. The van der Waals surface area contributed by atoms with Crippen LogP contribution in [0.5, 0.6) is 5.75 Å². The minimum absolute atomic E-state index is 0.0686.